The third-order valence-corrected chi connectivity index (χ3v) is 2.62. The molecule has 1 heterocycles. The fraction of sp³-hybridized carbons (Fsp3) is 0.214. The molecule has 0 aliphatic heterocycles. The predicted octanol–water partition coefficient (Wildman–Crippen LogP) is 3.06. The van der Waals surface area contributed by atoms with Gasteiger partial charge >= 0.3 is 0 Å². The van der Waals surface area contributed by atoms with Crippen molar-refractivity contribution in [2.45, 2.75) is 19.6 Å². The van der Waals surface area contributed by atoms with E-state index in [1.54, 1.807) is 0 Å². The van der Waals surface area contributed by atoms with Crippen LogP contribution in [0.4, 0.5) is 8.78 Å². The average molecular weight is 264 g/mol. The number of ether oxygens (including phenoxy) is 1. The highest BCUT2D eigenvalue weighted by Gasteiger charge is 2.13. The van der Waals surface area contributed by atoms with Crippen LogP contribution < -0.4 is 10.5 Å². The van der Waals surface area contributed by atoms with E-state index in [1.165, 1.54) is 12.1 Å². The third kappa shape index (κ3) is 3.48. The van der Waals surface area contributed by atoms with Crippen LogP contribution in [0.25, 0.3) is 0 Å². The number of nitrogens with zero attached hydrogens (tertiary/aromatic N) is 1. The minimum absolute atomic E-state index is 0.171. The standard InChI is InChI=1S/C14H14F2N2O/c15-13(16)12-7-6-11(8-17)14(18-12)19-9-10-4-2-1-3-5-10/h1-7,13H,8-9,17H2. The maximum Gasteiger partial charge on any atom is 0.280 e. The molecule has 0 saturated heterocycles. The lowest BCUT2D eigenvalue weighted by Gasteiger charge is -2.11. The summed E-state index contributed by atoms with van der Waals surface area (Å²) in [6.45, 7) is 0.466. The van der Waals surface area contributed by atoms with Gasteiger partial charge in [-0.25, -0.2) is 13.8 Å². The lowest BCUT2D eigenvalue weighted by molar-refractivity contribution is 0.144. The van der Waals surface area contributed by atoms with E-state index in [2.05, 4.69) is 4.98 Å². The van der Waals surface area contributed by atoms with Crippen molar-refractivity contribution < 1.29 is 13.5 Å². The molecule has 100 valence electrons. The smallest absolute Gasteiger partial charge is 0.280 e. The quantitative estimate of drug-likeness (QED) is 0.902. The van der Waals surface area contributed by atoms with Gasteiger partial charge < -0.3 is 10.5 Å². The van der Waals surface area contributed by atoms with E-state index >= 15 is 0 Å². The number of halogens is 2. The van der Waals surface area contributed by atoms with Crippen molar-refractivity contribution in [1.82, 2.24) is 4.98 Å². The molecule has 1 aromatic heterocycles. The van der Waals surface area contributed by atoms with E-state index in [0.717, 1.165) is 5.56 Å². The van der Waals surface area contributed by atoms with Gasteiger partial charge in [0.2, 0.25) is 5.88 Å². The summed E-state index contributed by atoms with van der Waals surface area (Å²) in [6.07, 6.45) is -2.62. The summed E-state index contributed by atoms with van der Waals surface area (Å²) in [5, 5.41) is 0. The highest BCUT2D eigenvalue weighted by molar-refractivity contribution is 5.29. The first-order valence-corrected chi connectivity index (χ1v) is 5.85. The molecule has 19 heavy (non-hydrogen) atoms. The Morgan fingerprint density at radius 3 is 2.47 bits per heavy atom. The number of rotatable bonds is 5. The third-order valence-electron chi connectivity index (χ3n) is 2.62. The van der Waals surface area contributed by atoms with Crippen molar-refractivity contribution in [3.05, 3.63) is 59.3 Å². The van der Waals surface area contributed by atoms with Crippen molar-refractivity contribution in [3.8, 4) is 5.88 Å². The largest absolute Gasteiger partial charge is 0.473 e. The average Bonchev–Trinajstić information content (AvgIpc) is 2.45. The molecule has 0 atom stereocenters. The Morgan fingerprint density at radius 1 is 1.11 bits per heavy atom. The van der Waals surface area contributed by atoms with Crippen LogP contribution in [0.15, 0.2) is 42.5 Å². The second kappa shape index (κ2) is 6.24. The maximum atomic E-state index is 12.6. The van der Waals surface area contributed by atoms with Gasteiger partial charge in [0, 0.05) is 12.1 Å². The first kappa shape index (κ1) is 13.4. The van der Waals surface area contributed by atoms with Crippen LogP contribution in [0.2, 0.25) is 0 Å². The second-order valence-corrected chi connectivity index (χ2v) is 3.98. The summed E-state index contributed by atoms with van der Waals surface area (Å²) in [7, 11) is 0. The zero-order valence-electron chi connectivity index (χ0n) is 10.2. The Kier molecular flexibility index (Phi) is 4.41. The summed E-state index contributed by atoms with van der Waals surface area (Å²) in [4.78, 5) is 3.81. The minimum atomic E-state index is -2.62. The van der Waals surface area contributed by atoms with E-state index in [9.17, 15) is 8.78 Å². The minimum Gasteiger partial charge on any atom is -0.473 e. The monoisotopic (exact) mass is 264 g/mol. The van der Waals surface area contributed by atoms with Gasteiger partial charge in [-0.2, -0.15) is 0 Å². The highest BCUT2D eigenvalue weighted by atomic mass is 19.3. The van der Waals surface area contributed by atoms with E-state index in [4.69, 9.17) is 10.5 Å². The van der Waals surface area contributed by atoms with E-state index in [-0.39, 0.29) is 24.7 Å². The molecule has 3 nitrogen and oxygen atoms in total. The molecule has 2 N–H and O–H groups in total. The Bertz CT molecular complexity index is 532. The summed E-state index contributed by atoms with van der Waals surface area (Å²) < 4.78 is 30.7. The number of hydrogen-bond acceptors (Lipinski definition) is 3. The maximum absolute atomic E-state index is 12.6. The van der Waals surface area contributed by atoms with Gasteiger partial charge in [-0.1, -0.05) is 36.4 Å². The molecule has 2 rings (SSSR count). The molecule has 0 fully saturated rings. The van der Waals surface area contributed by atoms with Gasteiger partial charge in [0.05, 0.1) is 0 Å². The van der Waals surface area contributed by atoms with Crippen molar-refractivity contribution >= 4 is 0 Å². The van der Waals surface area contributed by atoms with Gasteiger partial charge in [0.1, 0.15) is 12.3 Å². The van der Waals surface area contributed by atoms with Crippen molar-refractivity contribution in [2.24, 2.45) is 5.73 Å². The summed E-state index contributed by atoms with van der Waals surface area (Å²) >= 11 is 0. The molecule has 1 aromatic carbocycles. The SMILES string of the molecule is NCc1ccc(C(F)F)nc1OCc1ccccc1. The normalized spacial score (nSPS) is 10.7. The van der Waals surface area contributed by atoms with Crippen LogP contribution in [0.5, 0.6) is 5.88 Å². The van der Waals surface area contributed by atoms with Gasteiger partial charge in [0.15, 0.2) is 0 Å². The van der Waals surface area contributed by atoms with Crippen LogP contribution in [0.3, 0.4) is 0 Å². The number of nitrogens with two attached hydrogens (primary N) is 1. The number of aromatic nitrogens is 1. The number of hydrogen-bond donors (Lipinski definition) is 1. The van der Waals surface area contributed by atoms with Crippen molar-refractivity contribution in [1.29, 1.82) is 0 Å². The second-order valence-electron chi connectivity index (χ2n) is 3.98. The summed E-state index contributed by atoms with van der Waals surface area (Å²) in [5.74, 6) is 0.171. The topological polar surface area (TPSA) is 48.1 Å². The predicted molar refractivity (Wildman–Crippen MR) is 67.9 cm³/mol. The van der Waals surface area contributed by atoms with Gasteiger partial charge in [0.25, 0.3) is 6.43 Å². The Labute approximate surface area is 110 Å². The van der Waals surface area contributed by atoms with Crippen LogP contribution in [0, 0.1) is 0 Å². The molecule has 5 heteroatoms. The molecule has 0 radical (unpaired) electrons. The first-order valence-electron chi connectivity index (χ1n) is 5.85. The van der Waals surface area contributed by atoms with Crippen LogP contribution in [0.1, 0.15) is 23.2 Å². The van der Waals surface area contributed by atoms with Gasteiger partial charge in [-0.15, -0.1) is 0 Å². The van der Waals surface area contributed by atoms with E-state index in [1.807, 2.05) is 30.3 Å². The van der Waals surface area contributed by atoms with Crippen molar-refractivity contribution in [3.63, 3.8) is 0 Å². The lowest BCUT2D eigenvalue weighted by atomic mass is 10.2. The summed E-state index contributed by atoms with van der Waals surface area (Å²) in [5.41, 5.74) is 6.78. The molecule has 0 spiro atoms. The lowest BCUT2D eigenvalue weighted by Crippen LogP contribution is -2.06. The fourth-order valence-electron chi connectivity index (χ4n) is 1.61. The number of pyridine rings is 1. The van der Waals surface area contributed by atoms with Crippen LogP contribution in [-0.4, -0.2) is 4.98 Å². The van der Waals surface area contributed by atoms with Crippen molar-refractivity contribution in [2.75, 3.05) is 0 Å². The van der Waals surface area contributed by atoms with Gasteiger partial charge in [-0.3, -0.25) is 0 Å². The molecular weight excluding hydrogens is 250 g/mol. The van der Waals surface area contributed by atoms with Gasteiger partial charge in [-0.05, 0) is 11.6 Å². The van der Waals surface area contributed by atoms with Crippen LogP contribution in [-0.2, 0) is 13.2 Å². The molecule has 0 aliphatic rings. The molecular formula is C14H14F2N2O. The molecule has 0 unspecified atom stereocenters. The fourth-order valence-corrected chi connectivity index (χ4v) is 1.61. The Hall–Kier alpha value is -2.01. The Balaban J connectivity index is 2.16. The molecule has 0 bridgehead atoms. The van der Waals surface area contributed by atoms with Crippen LogP contribution >= 0.6 is 0 Å². The van der Waals surface area contributed by atoms with E-state index < -0.39 is 6.43 Å². The number of benzene rings is 1. The zero-order chi connectivity index (χ0) is 13.7. The van der Waals surface area contributed by atoms with E-state index in [0.29, 0.717) is 5.56 Å². The molecule has 2 aromatic rings. The zero-order valence-corrected chi connectivity index (χ0v) is 10.2. The summed E-state index contributed by atoms with van der Waals surface area (Å²) in [6, 6.07) is 12.2. The molecule has 0 amide bonds. The first-order chi connectivity index (χ1) is 9.20. The molecule has 0 saturated carbocycles. The highest BCUT2D eigenvalue weighted by Crippen LogP contribution is 2.23. The number of alkyl halides is 2. The molecule has 0 aliphatic carbocycles. The Morgan fingerprint density at radius 2 is 1.84 bits per heavy atom.